The molecule has 2 aliphatic rings. The Kier molecular flexibility index (Phi) is 4.72. The van der Waals surface area contributed by atoms with Crippen LogP contribution in [0, 0.1) is 62.0 Å². The van der Waals surface area contributed by atoms with E-state index in [1.807, 2.05) is 24.6 Å². The van der Waals surface area contributed by atoms with Crippen LogP contribution in [0.1, 0.15) is 13.8 Å². The minimum atomic E-state index is 0.587. The van der Waals surface area contributed by atoms with Crippen molar-refractivity contribution in [1.82, 2.24) is 0 Å². The van der Waals surface area contributed by atoms with Gasteiger partial charge >= 0.3 is 0 Å². The van der Waals surface area contributed by atoms with Gasteiger partial charge in [-0.2, -0.15) is 0 Å². The lowest BCUT2D eigenvalue weighted by atomic mass is 9.91. The highest BCUT2D eigenvalue weighted by molar-refractivity contribution is 8.03. The second-order valence-corrected chi connectivity index (χ2v) is 6.00. The van der Waals surface area contributed by atoms with Crippen molar-refractivity contribution in [2.24, 2.45) is 0 Å². The molecule has 0 N–H and O–H groups in total. The molecule has 0 heterocycles. The first kappa shape index (κ1) is 12.9. The molecule has 16 heavy (non-hydrogen) atoms. The highest BCUT2D eigenvalue weighted by Crippen LogP contribution is 2.46. The number of rotatable bonds is 4. The minimum absolute atomic E-state index is 0.587. The van der Waals surface area contributed by atoms with E-state index in [9.17, 15) is 0 Å². The first-order valence-corrected chi connectivity index (χ1v) is 6.66. The largest absolute Gasteiger partial charge is 0.150 e. The lowest BCUT2D eigenvalue weighted by Crippen LogP contribution is -2.19. The zero-order chi connectivity index (χ0) is 11.5. The number of thioether (sulfide) groups is 1. The summed E-state index contributed by atoms with van der Waals surface area (Å²) in [6, 6.07) is 0. The number of hydrogen-bond donors (Lipinski definition) is 0. The molecule has 2 saturated carbocycles. The normalized spacial score (nSPS) is 24.7. The zero-order valence-corrected chi connectivity index (χ0v) is 11.1. The van der Waals surface area contributed by atoms with Crippen molar-refractivity contribution in [3.63, 3.8) is 0 Å². The van der Waals surface area contributed by atoms with E-state index in [2.05, 4.69) is 46.0 Å². The Morgan fingerprint density at radius 2 is 1.75 bits per heavy atom. The fourth-order valence-corrected chi connectivity index (χ4v) is 2.97. The van der Waals surface area contributed by atoms with Crippen molar-refractivity contribution < 1.29 is 0 Å². The Balaban J connectivity index is 1.93. The SMILES string of the molecule is CC(C)S[C]1[CH][CH][CH][C]1C(=S)[C]1[CH][CH][CH][CH]1. The molecule has 82 valence electrons. The van der Waals surface area contributed by atoms with E-state index in [0.29, 0.717) is 5.25 Å². The molecule has 0 aromatic carbocycles. The molecule has 0 bridgehead atoms. The maximum Gasteiger partial charge on any atom is 0.0469 e. The van der Waals surface area contributed by atoms with Crippen LogP contribution in [0.15, 0.2) is 0 Å². The van der Waals surface area contributed by atoms with Crippen LogP contribution in [0.3, 0.4) is 0 Å². The third-order valence-corrected chi connectivity index (χ3v) is 3.85. The second-order valence-electron chi connectivity index (χ2n) is 3.97. The summed E-state index contributed by atoms with van der Waals surface area (Å²) < 4.78 is 0. The average molecular weight is 246 g/mol. The maximum absolute atomic E-state index is 5.52. The molecule has 0 atom stereocenters. The summed E-state index contributed by atoms with van der Waals surface area (Å²) in [7, 11) is 0. The lowest BCUT2D eigenvalue weighted by Gasteiger charge is -2.23. The second kappa shape index (κ2) is 5.86. The smallest absolute Gasteiger partial charge is 0.0469 e. The van der Waals surface area contributed by atoms with Crippen molar-refractivity contribution >= 4 is 28.8 Å². The van der Waals surface area contributed by atoms with E-state index in [4.69, 9.17) is 12.2 Å². The van der Waals surface area contributed by atoms with Gasteiger partial charge in [0.05, 0.1) is 0 Å². The maximum atomic E-state index is 5.52. The topological polar surface area (TPSA) is 0 Å². The van der Waals surface area contributed by atoms with Crippen LogP contribution in [-0.4, -0.2) is 10.1 Å². The van der Waals surface area contributed by atoms with Gasteiger partial charge in [-0.25, -0.2) is 0 Å². The van der Waals surface area contributed by atoms with E-state index < -0.39 is 0 Å². The van der Waals surface area contributed by atoms with Crippen LogP contribution < -0.4 is 0 Å². The molecule has 0 aromatic heterocycles. The van der Waals surface area contributed by atoms with Gasteiger partial charge in [0.25, 0.3) is 0 Å². The highest BCUT2D eigenvalue weighted by atomic mass is 32.2. The van der Waals surface area contributed by atoms with E-state index >= 15 is 0 Å². The summed E-state index contributed by atoms with van der Waals surface area (Å²) in [5, 5.41) is 1.88. The predicted molar refractivity (Wildman–Crippen MR) is 75.2 cm³/mol. The van der Waals surface area contributed by atoms with Crippen LogP contribution in [0.25, 0.3) is 0 Å². The fourth-order valence-electron chi connectivity index (χ4n) is 1.63. The predicted octanol–water partition coefficient (Wildman–Crippen LogP) is 3.64. The molecule has 0 aliphatic heterocycles. The van der Waals surface area contributed by atoms with Crippen LogP contribution >= 0.6 is 24.0 Å². The van der Waals surface area contributed by atoms with Gasteiger partial charge in [0, 0.05) is 22.0 Å². The standard InChI is InChI=1S/C14H14S2/c1-10(2)16-13-9-5-8-12(13)14(15)11-6-3-4-7-11/h3-10H,1-2H3. The number of thiocarbonyl (C=S) groups is 1. The van der Waals surface area contributed by atoms with Crippen molar-refractivity contribution in [3.8, 4) is 0 Å². The van der Waals surface area contributed by atoms with Gasteiger partial charge in [-0.05, 0) is 50.2 Å². The van der Waals surface area contributed by atoms with Gasteiger partial charge in [-0.3, -0.25) is 0 Å². The van der Waals surface area contributed by atoms with E-state index in [1.54, 1.807) is 0 Å². The summed E-state index contributed by atoms with van der Waals surface area (Å²) in [6.07, 6.45) is 14.5. The molecular weight excluding hydrogens is 232 g/mol. The fraction of sp³-hybridized carbons (Fsp3) is 0.214. The van der Waals surface area contributed by atoms with Crippen molar-refractivity contribution in [2.75, 3.05) is 0 Å². The highest BCUT2D eigenvalue weighted by Gasteiger charge is 2.37. The molecule has 0 spiro atoms. The van der Waals surface area contributed by atoms with Crippen LogP contribution in [-0.2, 0) is 0 Å². The van der Waals surface area contributed by atoms with E-state index in [0.717, 1.165) is 10.8 Å². The van der Waals surface area contributed by atoms with Gasteiger partial charge in [0.1, 0.15) is 0 Å². The summed E-state index contributed by atoms with van der Waals surface area (Å²) in [4.78, 5) is 0.957. The molecule has 0 nitrogen and oxygen atoms in total. The molecular formula is C14H14S2. The lowest BCUT2D eigenvalue weighted by molar-refractivity contribution is 1.11. The summed E-state index contributed by atoms with van der Waals surface area (Å²) in [5.74, 6) is 2.34. The molecule has 0 amide bonds. The first-order chi connectivity index (χ1) is 7.68. The van der Waals surface area contributed by atoms with E-state index in [-0.39, 0.29) is 0 Å². The molecule has 2 fully saturated rings. The number of hydrogen-bond acceptors (Lipinski definition) is 2. The minimum Gasteiger partial charge on any atom is -0.150 e. The Morgan fingerprint density at radius 3 is 2.38 bits per heavy atom. The van der Waals surface area contributed by atoms with Gasteiger partial charge in [0.2, 0.25) is 0 Å². The van der Waals surface area contributed by atoms with Gasteiger partial charge < -0.3 is 0 Å². The van der Waals surface area contributed by atoms with Crippen LogP contribution in [0.4, 0.5) is 0 Å². The van der Waals surface area contributed by atoms with Gasteiger partial charge in [-0.1, -0.05) is 26.1 Å². The molecule has 2 aliphatic carbocycles. The Hall–Kier alpha value is 0.440. The Labute approximate surface area is 110 Å². The molecule has 2 rings (SSSR count). The summed E-state index contributed by atoms with van der Waals surface area (Å²) >= 11 is 7.39. The summed E-state index contributed by atoms with van der Waals surface area (Å²) in [6.45, 7) is 4.40. The molecule has 10 radical (unpaired) electrons. The van der Waals surface area contributed by atoms with Gasteiger partial charge in [-0.15, -0.1) is 11.8 Å². The molecule has 2 heteroatoms. The molecule has 0 aromatic rings. The van der Waals surface area contributed by atoms with Crippen LogP contribution in [0.2, 0.25) is 0 Å². The molecule has 0 saturated heterocycles. The average Bonchev–Trinajstić information content (AvgIpc) is 2.84. The third kappa shape index (κ3) is 3.01. The van der Waals surface area contributed by atoms with Crippen molar-refractivity contribution in [2.45, 2.75) is 19.1 Å². The van der Waals surface area contributed by atoms with Crippen molar-refractivity contribution in [3.05, 3.63) is 62.0 Å². The quantitative estimate of drug-likeness (QED) is 0.695. The Bertz CT molecular complexity index is 241. The molecule has 0 unspecified atom stereocenters. The van der Waals surface area contributed by atoms with E-state index in [1.165, 1.54) is 11.2 Å². The van der Waals surface area contributed by atoms with Crippen LogP contribution in [0.5, 0.6) is 0 Å². The first-order valence-electron chi connectivity index (χ1n) is 5.37. The van der Waals surface area contributed by atoms with Crippen molar-refractivity contribution in [1.29, 1.82) is 0 Å². The summed E-state index contributed by atoms with van der Waals surface area (Å²) in [5.41, 5.74) is 0. The Morgan fingerprint density at radius 1 is 1.06 bits per heavy atom. The third-order valence-electron chi connectivity index (χ3n) is 2.31. The zero-order valence-electron chi connectivity index (χ0n) is 9.44. The monoisotopic (exact) mass is 246 g/mol. The van der Waals surface area contributed by atoms with Gasteiger partial charge in [0.15, 0.2) is 0 Å².